The largest absolute Gasteiger partial charge is 0.496 e. The molecule has 0 fully saturated rings. The van der Waals surface area contributed by atoms with Gasteiger partial charge in [-0.25, -0.2) is 4.98 Å². The normalized spacial score (nSPS) is 12.4. The van der Waals surface area contributed by atoms with Crippen LogP contribution in [-0.4, -0.2) is 18.0 Å². The van der Waals surface area contributed by atoms with Gasteiger partial charge in [0.15, 0.2) is 0 Å². The van der Waals surface area contributed by atoms with Gasteiger partial charge >= 0.3 is 0 Å². The number of hydrogen-bond acceptors (Lipinski definition) is 3. The summed E-state index contributed by atoms with van der Waals surface area (Å²) in [6.45, 7) is 8.59. The van der Waals surface area contributed by atoms with Crippen LogP contribution in [0.1, 0.15) is 55.2 Å². The van der Waals surface area contributed by atoms with Crippen LogP contribution in [0.15, 0.2) is 78.9 Å². The molecule has 0 radical (unpaired) electrons. The van der Waals surface area contributed by atoms with E-state index in [4.69, 9.17) is 9.72 Å². The lowest BCUT2D eigenvalue weighted by Crippen LogP contribution is -2.27. The van der Waals surface area contributed by atoms with Gasteiger partial charge in [-0.15, -0.1) is 0 Å². The second-order valence-electron chi connectivity index (χ2n) is 9.34. The third-order valence-corrected chi connectivity index (χ3v) is 5.97. The number of ether oxygens (including phenoxy) is 1. The predicted molar refractivity (Wildman–Crippen MR) is 135 cm³/mol. The van der Waals surface area contributed by atoms with E-state index >= 15 is 0 Å². The Morgan fingerprint density at radius 2 is 1.61 bits per heavy atom. The number of carbonyl (C=O) groups excluding carboxylic acids is 1. The molecular formula is C29H30N2O2. The molecule has 1 atom stereocenters. The molecule has 168 valence electrons. The summed E-state index contributed by atoms with van der Waals surface area (Å²) in [5, 5.41) is 4.00. The highest BCUT2D eigenvalue weighted by atomic mass is 16.5. The third-order valence-electron chi connectivity index (χ3n) is 5.97. The molecule has 4 aromatic rings. The molecule has 1 amide bonds. The molecule has 4 rings (SSSR count). The van der Waals surface area contributed by atoms with E-state index in [-0.39, 0.29) is 17.4 Å². The second-order valence-corrected chi connectivity index (χ2v) is 9.34. The van der Waals surface area contributed by atoms with Crippen LogP contribution < -0.4 is 10.1 Å². The Labute approximate surface area is 195 Å². The number of aromatic nitrogens is 1. The number of nitrogens with one attached hydrogen (secondary N) is 1. The van der Waals surface area contributed by atoms with Gasteiger partial charge in [0.05, 0.1) is 29.9 Å². The minimum atomic E-state index is -0.131. The maximum absolute atomic E-state index is 13.4. The molecule has 1 aromatic heterocycles. The highest BCUT2D eigenvalue weighted by molar-refractivity contribution is 6.07. The fraction of sp³-hybridized carbons (Fsp3) is 0.241. The highest BCUT2D eigenvalue weighted by Gasteiger charge is 2.19. The summed E-state index contributed by atoms with van der Waals surface area (Å²) in [5.41, 5.74) is 5.36. The summed E-state index contributed by atoms with van der Waals surface area (Å²) < 4.78 is 5.53. The number of para-hydroxylation sites is 2. The first-order chi connectivity index (χ1) is 15.8. The summed E-state index contributed by atoms with van der Waals surface area (Å²) in [4.78, 5) is 18.2. The zero-order valence-corrected chi connectivity index (χ0v) is 19.8. The first-order valence-corrected chi connectivity index (χ1v) is 11.2. The molecule has 1 N–H and O–H groups in total. The van der Waals surface area contributed by atoms with Crippen molar-refractivity contribution in [2.45, 2.75) is 39.2 Å². The molecule has 0 aliphatic heterocycles. The Morgan fingerprint density at radius 3 is 2.30 bits per heavy atom. The van der Waals surface area contributed by atoms with Crippen LogP contribution in [-0.2, 0) is 5.41 Å². The average molecular weight is 439 g/mol. The fourth-order valence-electron chi connectivity index (χ4n) is 3.99. The SMILES string of the molecule is COc1ccccc1-c1cc(C(=O)N[C@@H](C)c2ccc(C(C)(C)C)cc2)c2ccccc2n1. The quantitative estimate of drug-likeness (QED) is 0.377. The van der Waals surface area contributed by atoms with Crippen molar-refractivity contribution in [3.8, 4) is 17.0 Å². The fourth-order valence-corrected chi connectivity index (χ4v) is 3.99. The molecule has 0 unspecified atom stereocenters. The lowest BCUT2D eigenvalue weighted by atomic mass is 9.86. The van der Waals surface area contributed by atoms with Gasteiger partial charge in [0.2, 0.25) is 0 Å². The summed E-state index contributed by atoms with van der Waals surface area (Å²) in [6, 6.07) is 25.6. The van der Waals surface area contributed by atoms with E-state index in [0.717, 1.165) is 27.8 Å². The number of carbonyl (C=O) groups is 1. The lowest BCUT2D eigenvalue weighted by Gasteiger charge is -2.21. The molecule has 4 nitrogen and oxygen atoms in total. The van der Waals surface area contributed by atoms with Crippen LogP contribution in [0.4, 0.5) is 0 Å². The number of amides is 1. The molecule has 0 spiro atoms. The van der Waals surface area contributed by atoms with E-state index in [9.17, 15) is 4.79 Å². The van der Waals surface area contributed by atoms with E-state index in [2.05, 4.69) is 50.4 Å². The monoisotopic (exact) mass is 438 g/mol. The van der Waals surface area contributed by atoms with Crippen molar-refractivity contribution < 1.29 is 9.53 Å². The van der Waals surface area contributed by atoms with Crippen LogP contribution in [0.3, 0.4) is 0 Å². The topological polar surface area (TPSA) is 51.2 Å². The number of fused-ring (bicyclic) bond motifs is 1. The maximum atomic E-state index is 13.4. The second kappa shape index (κ2) is 9.07. The predicted octanol–water partition coefficient (Wildman–Crippen LogP) is 6.70. The molecule has 1 heterocycles. The highest BCUT2D eigenvalue weighted by Crippen LogP contribution is 2.31. The summed E-state index contributed by atoms with van der Waals surface area (Å²) in [6.07, 6.45) is 0. The van der Waals surface area contributed by atoms with Crippen molar-refractivity contribution in [1.82, 2.24) is 10.3 Å². The van der Waals surface area contributed by atoms with Gasteiger partial charge < -0.3 is 10.1 Å². The molecule has 0 aliphatic carbocycles. The van der Waals surface area contributed by atoms with E-state index in [1.807, 2.05) is 61.5 Å². The molecule has 0 aliphatic rings. The molecule has 33 heavy (non-hydrogen) atoms. The van der Waals surface area contributed by atoms with Crippen LogP contribution >= 0.6 is 0 Å². The standard InChI is InChI=1S/C29H30N2O2/c1-19(20-14-16-21(17-15-20)29(2,3)4)30-28(32)24-18-26(23-11-7-9-13-27(23)33-5)31-25-12-8-6-10-22(24)25/h6-19H,1-5H3,(H,30,32)/t19-/m0/s1. The first kappa shape index (κ1) is 22.5. The van der Waals surface area contributed by atoms with Crippen molar-refractivity contribution in [1.29, 1.82) is 0 Å². The maximum Gasteiger partial charge on any atom is 0.252 e. The number of pyridine rings is 1. The minimum Gasteiger partial charge on any atom is -0.496 e. The van der Waals surface area contributed by atoms with Gasteiger partial charge in [0.25, 0.3) is 5.91 Å². The lowest BCUT2D eigenvalue weighted by molar-refractivity contribution is 0.0941. The Bertz CT molecular complexity index is 1290. The number of methoxy groups -OCH3 is 1. The van der Waals surface area contributed by atoms with Gasteiger partial charge in [-0.3, -0.25) is 4.79 Å². The smallest absolute Gasteiger partial charge is 0.252 e. The minimum absolute atomic E-state index is 0.0931. The summed E-state index contributed by atoms with van der Waals surface area (Å²) in [7, 11) is 1.64. The first-order valence-electron chi connectivity index (χ1n) is 11.2. The van der Waals surface area contributed by atoms with Crippen LogP contribution in [0, 0.1) is 0 Å². The third kappa shape index (κ3) is 4.75. The van der Waals surface area contributed by atoms with Crippen LogP contribution in [0.2, 0.25) is 0 Å². The Kier molecular flexibility index (Phi) is 6.19. The van der Waals surface area contributed by atoms with Crippen molar-refractivity contribution in [3.63, 3.8) is 0 Å². The van der Waals surface area contributed by atoms with E-state index in [0.29, 0.717) is 11.3 Å². The molecular weight excluding hydrogens is 408 g/mol. The Morgan fingerprint density at radius 1 is 0.939 bits per heavy atom. The van der Waals surface area contributed by atoms with Crippen molar-refractivity contribution >= 4 is 16.8 Å². The van der Waals surface area contributed by atoms with Crippen molar-refractivity contribution in [3.05, 3.63) is 95.6 Å². The zero-order chi connectivity index (χ0) is 23.6. The summed E-state index contributed by atoms with van der Waals surface area (Å²) >= 11 is 0. The van der Waals surface area contributed by atoms with Crippen LogP contribution in [0.25, 0.3) is 22.2 Å². The van der Waals surface area contributed by atoms with Gasteiger partial charge in [-0.2, -0.15) is 0 Å². The molecule has 0 saturated carbocycles. The van der Waals surface area contributed by atoms with E-state index < -0.39 is 0 Å². The van der Waals surface area contributed by atoms with Crippen LogP contribution in [0.5, 0.6) is 5.75 Å². The van der Waals surface area contributed by atoms with Gasteiger partial charge in [-0.05, 0) is 47.7 Å². The summed E-state index contributed by atoms with van der Waals surface area (Å²) in [5.74, 6) is 0.594. The zero-order valence-electron chi connectivity index (χ0n) is 19.8. The molecule has 0 bridgehead atoms. The number of benzene rings is 3. The van der Waals surface area contributed by atoms with E-state index in [1.54, 1.807) is 7.11 Å². The Balaban J connectivity index is 1.69. The van der Waals surface area contributed by atoms with Crippen molar-refractivity contribution in [2.24, 2.45) is 0 Å². The van der Waals surface area contributed by atoms with Gasteiger partial charge in [0.1, 0.15) is 5.75 Å². The number of nitrogens with zero attached hydrogens (tertiary/aromatic N) is 1. The van der Waals surface area contributed by atoms with Gasteiger partial charge in [-0.1, -0.05) is 75.4 Å². The molecule has 3 aromatic carbocycles. The number of rotatable bonds is 5. The van der Waals surface area contributed by atoms with E-state index in [1.165, 1.54) is 5.56 Å². The number of hydrogen-bond donors (Lipinski definition) is 1. The molecule has 4 heteroatoms. The van der Waals surface area contributed by atoms with Gasteiger partial charge in [0, 0.05) is 10.9 Å². The van der Waals surface area contributed by atoms with Crippen molar-refractivity contribution in [2.75, 3.05) is 7.11 Å². The Hall–Kier alpha value is -3.66. The molecule has 0 saturated heterocycles. The average Bonchev–Trinajstić information content (AvgIpc) is 2.82.